The van der Waals surface area contributed by atoms with E-state index in [2.05, 4.69) is 5.32 Å². The van der Waals surface area contributed by atoms with Crippen molar-refractivity contribution in [1.29, 1.82) is 0 Å². The molecule has 2 aromatic rings. The molecular formula is C21H20F6N2O3S. The topological polar surface area (TPSA) is 66.5 Å². The Bertz CT molecular complexity index is 1130. The zero-order chi connectivity index (χ0) is 24.6. The lowest BCUT2D eigenvalue weighted by Crippen LogP contribution is -2.37. The summed E-state index contributed by atoms with van der Waals surface area (Å²) in [5.41, 5.74) is -2.83. The second-order valence-electron chi connectivity index (χ2n) is 7.58. The molecule has 180 valence electrons. The lowest BCUT2D eigenvalue weighted by molar-refractivity contribution is -0.143. The molecule has 0 spiro atoms. The Morgan fingerprint density at radius 3 is 2.15 bits per heavy atom. The summed E-state index contributed by atoms with van der Waals surface area (Å²) in [5.74, 6) is -1.19. The van der Waals surface area contributed by atoms with E-state index in [1.807, 2.05) is 0 Å². The van der Waals surface area contributed by atoms with E-state index in [4.69, 9.17) is 0 Å². The third-order valence-electron chi connectivity index (χ3n) is 5.06. The van der Waals surface area contributed by atoms with Gasteiger partial charge in [-0.2, -0.15) is 26.3 Å². The van der Waals surface area contributed by atoms with E-state index in [1.54, 1.807) is 6.92 Å². The van der Waals surface area contributed by atoms with Crippen LogP contribution in [-0.4, -0.2) is 26.6 Å². The fraction of sp³-hybridized carbons (Fsp3) is 0.381. The molecule has 12 heteroatoms. The molecule has 0 saturated carbocycles. The van der Waals surface area contributed by atoms with Crippen molar-refractivity contribution in [3.05, 3.63) is 58.7 Å². The maximum atomic E-state index is 13.0. The van der Waals surface area contributed by atoms with E-state index in [-0.39, 0.29) is 17.5 Å². The van der Waals surface area contributed by atoms with Crippen LogP contribution in [0.25, 0.3) is 0 Å². The minimum atomic E-state index is -5.07. The first-order valence-electron chi connectivity index (χ1n) is 9.96. The molecule has 3 rings (SSSR count). The highest BCUT2D eigenvalue weighted by molar-refractivity contribution is 7.92. The lowest BCUT2D eigenvalue weighted by Gasteiger charge is -2.30. The maximum Gasteiger partial charge on any atom is 0.416 e. The standard InChI is InChI=1S/C21H20F6N2O3S/c1-2-8-33(31,32)29-7-3-4-13-11-17(5-6-18(13)29)28-19(30)14-9-15(20(22,23)24)12-16(10-14)21(25,26)27/h5-6,9-12H,2-4,7-8H2,1H3,(H,28,30). The number of carbonyl (C=O) groups is 1. The number of anilines is 2. The van der Waals surface area contributed by atoms with Crippen molar-refractivity contribution in [3.8, 4) is 0 Å². The first-order valence-corrected chi connectivity index (χ1v) is 11.6. The van der Waals surface area contributed by atoms with E-state index >= 15 is 0 Å². The molecule has 1 aliphatic rings. The van der Waals surface area contributed by atoms with Gasteiger partial charge in [-0.1, -0.05) is 6.92 Å². The van der Waals surface area contributed by atoms with E-state index in [0.29, 0.717) is 49.2 Å². The van der Waals surface area contributed by atoms with E-state index in [0.717, 1.165) is 0 Å². The van der Waals surface area contributed by atoms with Crippen molar-refractivity contribution < 1.29 is 39.6 Å². The minimum absolute atomic E-state index is 0.0397. The summed E-state index contributed by atoms with van der Waals surface area (Å²) in [4.78, 5) is 12.5. The second-order valence-corrected chi connectivity index (χ2v) is 9.60. The largest absolute Gasteiger partial charge is 0.416 e. The molecule has 0 aliphatic carbocycles. The third-order valence-corrected chi connectivity index (χ3v) is 7.04. The molecule has 2 aromatic carbocycles. The monoisotopic (exact) mass is 494 g/mol. The van der Waals surface area contributed by atoms with Crippen molar-refractivity contribution in [2.24, 2.45) is 0 Å². The second kappa shape index (κ2) is 8.88. The lowest BCUT2D eigenvalue weighted by atomic mass is 10.0. The van der Waals surface area contributed by atoms with Gasteiger partial charge in [-0.25, -0.2) is 8.42 Å². The molecule has 1 N–H and O–H groups in total. The number of alkyl halides is 6. The third kappa shape index (κ3) is 5.60. The summed E-state index contributed by atoms with van der Waals surface area (Å²) in [6.07, 6.45) is -8.70. The summed E-state index contributed by atoms with van der Waals surface area (Å²) in [7, 11) is -3.53. The van der Waals surface area contributed by atoms with Gasteiger partial charge < -0.3 is 5.32 Å². The Hall–Kier alpha value is -2.76. The average molecular weight is 494 g/mol. The van der Waals surface area contributed by atoms with Crippen LogP contribution in [0.4, 0.5) is 37.7 Å². The van der Waals surface area contributed by atoms with Gasteiger partial charge in [0.15, 0.2) is 0 Å². The first-order chi connectivity index (χ1) is 15.2. The van der Waals surface area contributed by atoms with Gasteiger partial charge in [0.25, 0.3) is 5.91 Å². The molecule has 0 radical (unpaired) electrons. The predicted molar refractivity (Wildman–Crippen MR) is 111 cm³/mol. The molecule has 1 amide bonds. The van der Waals surface area contributed by atoms with E-state index < -0.39 is 45.0 Å². The fourth-order valence-electron chi connectivity index (χ4n) is 3.59. The Balaban J connectivity index is 1.92. The van der Waals surface area contributed by atoms with Crippen molar-refractivity contribution >= 4 is 27.3 Å². The first kappa shape index (κ1) is 24.9. The van der Waals surface area contributed by atoms with E-state index in [1.165, 1.54) is 22.5 Å². The maximum absolute atomic E-state index is 13.0. The molecule has 33 heavy (non-hydrogen) atoms. The number of amides is 1. The number of benzene rings is 2. The van der Waals surface area contributed by atoms with Crippen LogP contribution in [0.2, 0.25) is 0 Å². The summed E-state index contributed by atoms with van der Waals surface area (Å²) >= 11 is 0. The van der Waals surface area contributed by atoms with Crippen LogP contribution >= 0.6 is 0 Å². The van der Waals surface area contributed by atoms with Crippen LogP contribution in [0.15, 0.2) is 36.4 Å². The van der Waals surface area contributed by atoms with Crippen molar-refractivity contribution in [2.45, 2.75) is 38.5 Å². The smallest absolute Gasteiger partial charge is 0.322 e. The molecule has 0 saturated heterocycles. The quantitative estimate of drug-likeness (QED) is 0.561. The highest BCUT2D eigenvalue weighted by atomic mass is 32.2. The molecule has 5 nitrogen and oxygen atoms in total. The number of halogens is 6. The van der Waals surface area contributed by atoms with Gasteiger partial charge in [-0.05, 0) is 61.2 Å². The Kier molecular flexibility index (Phi) is 6.69. The number of hydrogen-bond acceptors (Lipinski definition) is 3. The van der Waals surface area contributed by atoms with Gasteiger partial charge in [0.1, 0.15) is 0 Å². The van der Waals surface area contributed by atoms with Gasteiger partial charge in [0.2, 0.25) is 10.0 Å². The minimum Gasteiger partial charge on any atom is -0.322 e. The fourth-order valence-corrected chi connectivity index (χ4v) is 5.21. The molecule has 1 heterocycles. The number of hydrogen-bond donors (Lipinski definition) is 1. The molecule has 0 aromatic heterocycles. The van der Waals surface area contributed by atoms with Crippen LogP contribution in [-0.2, 0) is 28.8 Å². The zero-order valence-corrected chi connectivity index (χ0v) is 18.2. The Morgan fingerprint density at radius 1 is 1.00 bits per heavy atom. The molecule has 0 atom stereocenters. The molecule has 0 bridgehead atoms. The number of fused-ring (bicyclic) bond motifs is 1. The number of nitrogens with zero attached hydrogens (tertiary/aromatic N) is 1. The molecule has 0 unspecified atom stereocenters. The number of carbonyl (C=O) groups excluding carboxylic acids is 1. The zero-order valence-electron chi connectivity index (χ0n) is 17.3. The van der Waals surface area contributed by atoms with Crippen LogP contribution in [0.5, 0.6) is 0 Å². The van der Waals surface area contributed by atoms with Gasteiger partial charge in [-0.3, -0.25) is 9.10 Å². The molecular weight excluding hydrogens is 474 g/mol. The summed E-state index contributed by atoms with van der Waals surface area (Å²) in [6.45, 7) is 2.03. The Morgan fingerprint density at radius 2 is 1.61 bits per heavy atom. The number of rotatable bonds is 5. The molecule has 1 aliphatic heterocycles. The van der Waals surface area contributed by atoms with Crippen LogP contribution in [0.1, 0.15) is 46.8 Å². The normalized spacial score (nSPS) is 14.7. The number of sulfonamides is 1. The highest BCUT2D eigenvalue weighted by Crippen LogP contribution is 2.37. The van der Waals surface area contributed by atoms with E-state index in [9.17, 15) is 39.6 Å². The van der Waals surface area contributed by atoms with Gasteiger partial charge >= 0.3 is 12.4 Å². The highest BCUT2D eigenvalue weighted by Gasteiger charge is 2.37. The van der Waals surface area contributed by atoms with Crippen molar-refractivity contribution in [1.82, 2.24) is 0 Å². The predicted octanol–water partition coefficient (Wildman–Crippen LogP) is 5.47. The van der Waals surface area contributed by atoms with Crippen LogP contribution in [0, 0.1) is 0 Å². The van der Waals surface area contributed by atoms with Gasteiger partial charge in [0.05, 0.1) is 22.6 Å². The number of aryl methyl sites for hydroxylation is 1. The van der Waals surface area contributed by atoms with Crippen molar-refractivity contribution in [3.63, 3.8) is 0 Å². The summed E-state index contributed by atoms with van der Waals surface area (Å²) in [5, 5.41) is 2.30. The number of nitrogens with one attached hydrogen (secondary N) is 1. The molecule has 0 fully saturated rings. The SMILES string of the molecule is CCCS(=O)(=O)N1CCCc2cc(NC(=O)c3cc(C(F)(F)F)cc(C(F)(F)F)c3)ccc21. The summed E-state index contributed by atoms with van der Waals surface area (Å²) < 4.78 is 105. The summed E-state index contributed by atoms with van der Waals surface area (Å²) in [6, 6.07) is 4.93. The van der Waals surface area contributed by atoms with Crippen LogP contribution in [0.3, 0.4) is 0 Å². The van der Waals surface area contributed by atoms with Crippen molar-refractivity contribution in [2.75, 3.05) is 21.9 Å². The Labute approximate surface area is 186 Å². The van der Waals surface area contributed by atoms with Gasteiger partial charge in [0, 0.05) is 17.8 Å². The van der Waals surface area contributed by atoms with Crippen LogP contribution < -0.4 is 9.62 Å². The van der Waals surface area contributed by atoms with Gasteiger partial charge in [-0.15, -0.1) is 0 Å². The average Bonchev–Trinajstić information content (AvgIpc) is 2.71.